The average Bonchev–Trinajstić information content (AvgIpc) is 2.42. The smallest absolute Gasteiger partial charge is 0.123 e. The van der Waals surface area contributed by atoms with Gasteiger partial charge in [0, 0.05) is 12.8 Å². The predicted octanol–water partition coefficient (Wildman–Crippen LogP) is 2.56. The van der Waals surface area contributed by atoms with Gasteiger partial charge in [0.05, 0.1) is 18.2 Å². The van der Waals surface area contributed by atoms with Crippen molar-refractivity contribution in [3.8, 4) is 0 Å². The molecule has 4 heteroatoms. The zero-order valence-corrected chi connectivity index (χ0v) is 10.7. The van der Waals surface area contributed by atoms with Crippen molar-refractivity contribution in [1.29, 1.82) is 0 Å². The molecule has 0 aromatic heterocycles. The minimum atomic E-state index is -0.350. The maximum Gasteiger partial charge on any atom is 0.123 e. The Labute approximate surface area is 107 Å². The first-order valence-electron chi connectivity index (χ1n) is 6.35. The molecule has 0 spiro atoms. The highest BCUT2D eigenvalue weighted by Gasteiger charge is 2.35. The van der Waals surface area contributed by atoms with Crippen molar-refractivity contribution >= 4 is 5.69 Å². The molecule has 1 aromatic rings. The van der Waals surface area contributed by atoms with Crippen LogP contribution in [-0.4, -0.2) is 30.5 Å². The van der Waals surface area contributed by atoms with Crippen molar-refractivity contribution in [2.24, 2.45) is 0 Å². The molecule has 2 atom stereocenters. The van der Waals surface area contributed by atoms with Crippen molar-refractivity contribution in [1.82, 2.24) is 0 Å². The first-order valence-corrected chi connectivity index (χ1v) is 6.35. The van der Waals surface area contributed by atoms with Crippen LogP contribution in [0.25, 0.3) is 0 Å². The molecule has 0 amide bonds. The van der Waals surface area contributed by atoms with E-state index < -0.39 is 0 Å². The van der Waals surface area contributed by atoms with Gasteiger partial charge in [-0.1, -0.05) is 0 Å². The molecule has 0 bridgehead atoms. The number of ether oxygens (including phenoxy) is 1. The number of aliphatic hydroxyl groups excluding tert-OH is 1. The van der Waals surface area contributed by atoms with Gasteiger partial charge in [-0.25, -0.2) is 4.39 Å². The maximum atomic E-state index is 12.9. The Morgan fingerprint density at radius 2 is 2.17 bits per heavy atom. The van der Waals surface area contributed by atoms with E-state index >= 15 is 0 Å². The first-order chi connectivity index (χ1) is 8.67. The van der Waals surface area contributed by atoms with E-state index in [1.165, 1.54) is 12.1 Å². The largest absolute Gasteiger partial charge is 0.394 e. The number of aliphatic hydroxyl groups is 1. The lowest BCUT2D eigenvalue weighted by Crippen LogP contribution is -2.48. The van der Waals surface area contributed by atoms with Gasteiger partial charge in [0.1, 0.15) is 5.82 Å². The summed E-state index contributed by atoms with van der Waals surface area (Å²) in [5.41, 5.74) is 0.485. The Hall–Kier alpha value is -1.13. The lowest BCUT2D eigenvalue weighted by Gasteiger charge is -2.40. The normalized spacial score (nSPS) is 28.1. The zero-order valence-electron chi connectivity index (χ0n) is 10.7. The first kappa shape index (κ1) is 13.3. The van der Waals surface area contributed by atoms with E-state index in [0.29, 0.717) is 0 Å². The Morgan fingerprint density at radius 3 is 2.78 bits per heavy atom. The number of nitrogens with one attached hydrogen (secondary N) is 1. The maximum absolute atomic E-state index is 12.9. The molecule has 1 aromatic carbocycles. The van der Waals surface area contributed by atoms with Crippen LogP contribution < -0.4 is 5.32 Å². The van der Waals surface area contributed by atoms with Crippen LogP contribution in [0.15, 0.2) is 24.3 Å². The highest BCUT2D eigenvalue weighted by Crippen LogP contribution is 2.32. The second kappa shape index (κ2) is 5.67. The minimum Gasteiger partial charge on any atom is -0.394 e. The molecule has 0 aliphatic heterocycles. The molecule has 3 nitrogen and oxygen atoms in total. The molecule has 1 fully saturated rings. The molecule has 0 saturated heterocycles. The van der Waals surface area contributed by atoms with Crippen LogP contribution in [0.2, 0.25) is 0 Å². The number of hydrogen-bond donors (Lipinski definition) is 2. The van der Waals surface area contributed by atoms with E-state index in [1.807, 2.05) is 0 Å². The predicted molar refractivity (Wildman–Crippen MR) is 69.1 cm³/mol. The van der Waals surface area contributed by atoms with Crippen LogP contribution in [0.3, 0.4) is 0 Å². The fourth-order valence-corrected chi connectivity index (χ4v) is 2.65. The molecular formula is C14H20FNO2. The highest BCUT2D eigenvalue weighted by molar-refractivity contribution is 5.45. The van der Waals surface area contributed by atoms with Crippen LogP contribution in [0.5, 0.6) is 0 Å². The summed E-state index contributed by atoms with van der Waals surface area (Å²) in [5.74, 6) is -0.253. The van der Waals surface area contributed by atoms with Gasteiger partial charge < -0.3 is 15.2 Å². The quantitative estimate of drug-likeness (QED) is 0.866. The summed E-state index contributed by atoms with van der Waals surface area (Å²) >= 11 is 0. The minimum absolute atomic E-state index is 0.0598. The standard InChI is InChI=1S/C14H20FNO2/c1-18-13-3-2-8-14(9-13,10-17)16-12-6-4-11(15)5-7-12/h4-7,13,16-17H,2-3,8-10H2,1H3. The monoisotopic (exact) mass is 253 g/mol. The number of hydrogen-bond acceptors (Lipinski definition) is 3. The molecule has 2 N–H and O–H groups in total. The summed E-state index contributed by atoms with van der Waals surface area (Å²) < 4.78 is 18.3. The number of methoxy groups -OCH3 is 1. The molecule has 0 radical (unpaired) electrons. The van der Waals surface area contributed by atoms with Gasteiger partial charge in [0.25, 0.3) is 0 Å². The summed E-state index contributed by atoms with van der Waals surface area (Å²) in [6.45, 7) is 0.0598. The van der Waals surface area contributed by atoms with E-state index in [-0.39, 0.29) is 24.1 Å². The third-order valence-corrected chi connectivity index (χ3v) is 3.69. The van der Waals surface area contributed by atoms with Gasteiger partial charge in [-0.3, -0.25) is 0 Å². The summed E-state index contributed by atoms with van der Waals surface area (Å²) in [6.07, 6.45) is 3.91. The van der Waals surface area contributed by atoms with Crippen LogP contribution in [0.4, 0.5) is 10.1 Å². The number of halogens is 1. The SMILES string of the molecule is COC1CCCC(CO)(Nc2ccc(F)cc2)C1. The number of benzene rings is 1. The molecule has 18 heavy (non-hydrogen) atoms. The van der Waals surface area contributed by atoms with Gasteiger partial charge >= 0.3 is 0 Å². The van der Waals surface area contributed by atoms with Gasteiger partial charge in [0.15, 0.2) is 0 Å². The summed E-state index contributed by atoms with van der Waals surface area (Å²) in [4.78, 5) is 0. The number of anilines is 1. The lowest BCUT2D eigenvalue weighted by molar-refractivity contribution is 0.0307. The average molecular weight is 253 g/mol. The molecule has 1 aliphatic carbocycles. The van der Waals surface area contributed by atoms with Crippen molar-refractivity contribution in [2.75, 3.05) is 19.0 Å². The fraction of sp³-hybridized carbons (Fsp3) is 0.571. The van der Waals surface area contributed by atoms with Crippen LogP contribution >= 0.6 is 0 Å². The van der Waals surface area contributed by atoms with E-state index in [2.05, 4.69) is 5.32 Å². The van der Waals surface area contributed by atoms with Gasteiger partial charge in [-0.15, -0.1) is 0 Å². The van der Waals surface area contributed by atoms with Gasteiger partial charge in [-0.2, -0.15) is 0 Å². The Morgan fingerprint density at radius 1 is 1.44 bits per heavy atom. The molecule has 100 valence electrons. The van der Waals surface area contributed by atoms with E-state index in [1.54, 1.807) is 19.2 Å². The number of rotatable bonds is 4. The summed E-state index contributed by atoms with van der Waals surface area (Å²) in [7, 11) is 1.70. The van der Waals surface area contributed by atoms with Crippen LogP contribution in [0.1, 0.15) is 25.7 Å². The summed E-state index contributed by atoms with van der Waals surface area (Å²) in [5, 5.41) is 13.0. The zero-order chi connectivity index (χ0) is 13.0. The van der Waals surface area contributed by atoms with Crippen molar-refractivity contribution in [3.05, 3.63) is 30.1 Å². The third kappa shape index (κ3) is 3.00. The van der Waals surface area contributed by atoms with Gasteiger partial charge in [0.2, 0.25) is 0 Å². The van der Waals surface area contributed by atoms with Gasteiger partial charge in [-0.05, 0) is 49.9 Å². The van der Waals surface area contributed by atoms with E-state index in [4.69, 9.17) is 4.74 Å². The lowest BCUT2D eigenvalue weighted by atomic mass is 9.80. The molecule has 1 aliphatic rings. The Balaban J connectivity index is 2.09. The molecule has 2 unspecified atom stereocenters. The van der Waals surface area contributed by atoms with Crippen molar-refractivity contribution < 1.29 is 14.2 Å². The second-order valence-corrected chi connectivity index (χ2v) is 5.02. The third-order valence-electron chi connectivity index (χ3n) is 3.69. The van der Waals surface area contributed by atoms with Crippen molar-refractivity contribution in [2.45, 2.75) is 37.3 Å². The van der Waals surface area contributed by atoms with E-state index in [0.717, 1.165) is 31.4 Å². The second-order valence-electron chi connectivity index (χ2n) is 5.02. The van der Waals surface area contributed by atoms with Crippen LogP contribution in [0, 0.1) is 5.82 Å². The molecule has 1 saturated carbocycles. The van der Waals surface area contributed by atoms with E-state index in [9.17, 15) is 9.50 Å². The van der Waals surface area contributed by atoms with Crippen LogP contribution in [-0.2, 0) is 4.74 Å². The highest BCUT2D eigenvalue weighted by atomic mass is 19.1. The fourth-order valence-electron chi connectivity index (χ4n) is 2.65. The molecule has 0 heterocycles. The topological polar surface area (TPSA) is 41.5 Å². The molecule has 2 rings (SSSR count). The Bertz CT molecular complexity index is 382. The van der Waals surface area contributed by atoms with Crippen molar-refractivity contribution in [3.63, 3.8) is 0 Å². The molecular weight excluding hydrogens is 233 g/mol. The Kier molecular flexibility index (Phi) is 4.19. The summed E-state index contributed by atoms with van der Waals surface area (Å²) in [6, 6.07) is 6.24.